The number of ether oxygens (including phenoxy) is 1. The van der Waals surface area contributed by atoms with Crippen molar-refractivity contribution in [2.45, 2.75) is 57.5 Å². The normalized spacial score (nSPS) is 30.4. The molecule has 0 spiro atoms. The van der Waals surface area contributed by atoms with Crippen LogP contribution in [0.15, 0.2) is 15.8 Å². The van der Waals surface area contributed by atoms with Crippen molar-refractivity contribution >= 4 is 7.82 Å². The molecule has 0 aromatic carbocycles. The molecule has 2 saturated heterocycles. The van der Waals surface area contributed by atoms with Gasteiger partial charge in [0.1, 0.15) is 18.4 Å². The molecule has 1 unspecified atom stereocenters. The van der Waals surface area contributed by atoms with Gasteiger partial charge in [0.25, 0.3) is 5.56 Å². The zero-order valence-electron chi connectivity index (χ0n) is 15.3. The van der Waals surface area contributed by atoms with Crippen molar-refractivity contribution in [3.63, 3.8) is 0 Å². The molecule has 2 fully saturated rings. The highest BCUT2D eigenvalue weighted by molar-refractivity contribution is 7.48. The Morgan fingerprint density at radius 2 is 2.07 bits per heavy atom. The van der Waals surface area contributed by atoms with Crippen LogP contribution in [-0.2, 0) is 29.9 Å². The fourth-order valence-electron chi connectivity index (χ4n) is 3.13. The summed E-state index contributed by atoms with van der Waals surface area (Å²) in [5, 5.41) is 0. The number of nitrogens with zero attached hydrogens (tertiary/aromatic N) is 2. The number of phosphoric ester groups is 1. The van der Waals surface area contributed by atoms with Crippen LogP contribution < -0.4 is 11.2 Å². The van der Waals surface area contributed by atoms with Crippen molar-refractivity contribution < 1.29 is 27.3 Å². The Hall–Kier alpha value is -1.32. The number of aromatic nitrogens is 2. The van der Waals surface area contributed by atoms with Crippen molar-refractivity contribution in [1.29, 1.82) is 0 Å². The molecule has 2 aliphatic rings. The van der Waals surface area contributed by atoms with Crippen LogP contribution in [0.4, 0.5) is 4.39 Å². The van der Waals surface area contributed by atoms with Crippen molar-refractivity contribution in [1.82, 2.24) is 9.13 Å². The van der Waals surface area contributed by atoms with Gasteiger partial charge in [0.15, 0.2) is 0 Å². The first-order valence-corrected chi connectivity index (χ1v) is 10.5. The molecule has 1 aromatic heterocycles. The van der Waals surface area contributed by atoms with Gasteiger partial charge in [-0.25, -0.2) is 9.36 Å². The van der Waals surface area contributed by atoms with Gasteiger partial charge in [-0.15, -0.1) is 0 Å². The van der Waals surface area contributed by atoms with Crippen LogP contribution in [0.25, 0.3) is 0 Å². The van der Waals surface area contributed by atoms with Crippen LogP contribution in [-0.4, -0.2) is 34.6 Å². The lowest BCUT2D eigenvalue weighted by molar-refractivity contribution is -0.0726. The molecule has 3 rings (SSSR count). The van der Waals surface area contributed by atoms with E-state index < -0.39 is 43.3 Å². The summed E-state index contributed by atoms with van der Waals surface area (Å²) < 4.78 is 49.7. The summed E-state index contributed by atoms with van der Waals surface area (Å²) >= 11 is 0. The molecule has 0 radical (unpaired) electrons. The molecule has 0 N–H and O–H groups in total. The predicted molar refractivity (Wildman–Crippen MR) is 93.0 cm³/mol. The molecule has 2 aliphatic heterocycles. The van der Waals surface area contributed by atoms with E-state index in [9.17, 15) is 18.5 Å². The number of halogens is 1. The van der Waals surface area contributed by atoms with Crippen molar-refractivity contribution in [3.05, 3.63) is 32.9 Å². The molecule has 0 aliphatic carbocycles. The summed E-state index contributed by atoms with van der Waals surface area (Å²) in [5.74, 6) is -1.06. The molecule has 3 heterocycles. The number of hydrogen-bond donors (Lipinski definition) is 0. The highest BCUT2D eigenvalue weighted by atomic mass is 31.2. The molecule has 152 valence electrons. The number of phosphoric acid groups is 1. The number of unbranched alkanes of at least 4 members (excludes halogenated alkanes) is 3. The number of fused-ring (bicyclic) bond motifs is 1. The Morgan fingerprint density at radius 3 is 2.81 bits per heavy atom. The number of hydrogen-bond acceptors (Lipinski definition) is 7. The Bertz CT molecular complexity index is 839. The Labute approximate surface area is 155 Å². The van der Waals surface area contributed by atoms with Crippen LogP contribution in [0.1, 0.15) is 45.3 Å². The van der Waals surface area contributed by atoms with E-state index in [0.717, 1.165) is 36.4 Å². The SMILES string of the molecule is CCCCCCOP1(=O)OC[C@H]2O[C@@H](n3cc(F)c(=O)n(C)c3=O)C[C@@H]2O1. The maximum absolute atomic E-state index is 13.7. The maximum atomic E-state index is 13.7. The summed E-state index contributed by atoms with van der Waals surface area (Å²) in [6.07, 6.45) is 2.82. The van der Waals surface area contributed by atoms with Crippen molar-refractivity contribution in [3.8, 4) is 0 Å². The van der Waals surface area contributed by atoms with Gasteiger partial charge >= 0.3 is 13.5 Å². The maximum Gasteiger partial charge on any atom is 0.475 e. The molecular weight excluding hydrogens is 382 g/mol. The van der Waals surface area contributed by atoms with E-state index in [4.69, 9.17) is 18.3 Å². The molecule has 11 heteroatoms. The molecular formula is C16H24FN2O7P. The minimum absolute atomic E-state index is 0.0175. The summed E-state index contributed by atoms with van der Waals surface area (Å²) in [7, 11) is -2.50. The second kappa shape index (κ2) is 8.36. The van der Waals surface area contributed by atoms with E-state index >= 15 is 0 Å². The molecule has 4 atom stereocenters. The van der Waals surface area contributed by atoms with E-state index in [0.29, 0.717) is 4.57 Å². The van der Waals surface area contributed by atoms with Crippen LogP contribution in [0.2, 0.25) is 0 Å². The predicted octanol–water partition coefficient (Wildman–Crippen LogP) is 2.09. The minimum atomic E-state index is -3.69. The lowest BCUT2D eigenvalue weighted by Crippen LogP contribution is -2.40. The van der Waals surface area contributed by atoms with E-state index in [2.05, 4.69) is 6.92 Å². The highest BCUT2D eigenvalue weighted by Crippen LogP contribution is 2.56. The third-order valence-electron chi connectivity index (χ3n) is 4.67. The largest absolute Gasteiger partial charge is 0.475 e. The van der Waals surface area contributed by atoms with Crippen LogP contribution in [0.3, 0.4) is 0 Å². The molecule has 0 bridgehead atoms. The lowest BCUT2D eigenvalue weighted by Gasteiger charge is -2.29. The van der Waals surface area contributed by atoms with E-state index in [-0.39, 0.29) is 19.6 Å². The molecule has 0 amide bonds. The quantitative estimate of drug-likeness (QED) is 0.505. The fraction of sp³-hybridized carbons (Fsp3) is 0.750. The standard InChI is InChI=1S/C16H24FN2O7P/c1-3-4-5-6-7-23-27(22)24-10-13-12(26-27)8-14(25-13)19-9-11(17)15(20)18(2)16(19)21/h9,12-14H,3-8,10H2,1-2H3/t12-,13+,14+,27?/m0/s1. The number of rotatable bonds is 7. The zero-order valence-corrected chi connectivity index (χ0v) is 16.2. The summed E-state index contributed by atoms with van der Waals surface area (Å²) in [5.41, 5.74) is -1.71. The van der Waals surface area contributed by atoms with Gasteiger partial charge < -0.3 is 4.74 Å². The molecule has 0 saturated carbocycles. The van der Waals surface area contributed by atoms with Gasteiger partial charge in [0, 0.05) is 13.5 Å². The third kappa shape index (κ3) is 4.41. The highest BCUT2D eigenvalue weighted by Gasteiger charge is 2.48. The minimum Gasteiger partial charge on any atom is -0.349 e. The van der Waals surface area contributed by atoms with Crippen LogP contribution in [0, 0.1) is 5.82 Å². The summed E-state index contributed by atoms with van der Waals surface area (Å²) in [6.45, 7) is 2.34. The molecule has 1 aromatic rings. The van der Waals surface area contributed by atoms with Crippen molar-refractivity contribution in [2.24, 2.45) is 7.05 Å². The van der Waals surface area contributed by atoms with Crippen LogP contribution >= 0.6 is 7.82 Å². The van der Waals surface area contributed by atoms with E-state index in [1.165, 1.54) is 7.05 Å². The third-order valence-corrected chi connectivity index (χ3v) is 6.16. The van der Waals surface area contributed by atoms with Gasteiger partial charge in [-0.1, -0.05) is 26.2 Å². The van der Waals surface area contributed by atoms with E-state index in [1.54, 1.807) is 0 Å². The average molecular weight is 406 g/mol. The first kappa shape index (κ1) is 20.4. The Kier molecular flexibility index (Phi) is 6.32. The monoisotopic (exact) mass is 406 g/mol. The van der Waals surface area contributed by atoms with Gasteiger partial charge in [-0.2, -0.15) is 4.39 Å². The Morgan fingerprint density at radius 1 is 1.30 bits per heavy atom. The smallest absolute Gasteiger partial charge is 0.349 e. The molecule has 27 heavy (non-hydrogen) atoms. The van der Waals surface area contributed by atoms with Gasteiger partial charge in [0.05, 0.1) is 19.4 Å². The second-order valence-corrected chi connectivity index (χ2v) is 8.30. The molecule has 9 nitrogen and oxygen atoms in total. The zero-order chi connectivity index (χ0) is 19.6. The topological polar surface area (TPSA) is 98.0 Å². The lowest BCUT2D eigenvalue weighted by atomic mass is 10.2. The average Bonchev–Trinajstić information content (AvgIpc) is 3.05. The van der Waals surface area contributed by atoms with Crippen LogP contribution in [0.5, 0.6) is 0 Å². The summed E-state index contributed by atoms with van der Waals surface area (Å²) in [4.78, 5) is 23.7. The van der Waals surface area contributed by atoms with Gasteiger partial charge in [-0.05, 0) is 6.42 Å². The van der Waals surface area contributed by atoms with E-state index in [1.807, 2.05) is 0 Å². The second-order valence-electron chi connectivity index (χ2n) is 6.68. The van der Waals surface area contributed by atoms with Crippen molar-refractivity contribution in [2.75, 3.05) is 13.2 Å². The fourth-order valence-corrected chi connectivity index (χ4v) is 4.56. The first-order chi connectivity index (χ1) is 12.8. The first-order valence-electron chi connectivity index (χ1n) is 9.05. The van der Waals surface area contributed by atoms with Gasteiger partial charge in [-0.3, -0.25) is 27.5 Å². The Balaban J connectivity index is 1.65. The summed E-state index contributed by atoms with van der Waals surface area (Å²) in [6, 6.07) is 0. The van der Waals surface area contributed by atoms with Gasteiger partial charge in [0.2, 0.25) is 5.82 Å².